The predicted octanol–water partition coefficient (Wildman–Crippen LogP) is 0.853. The second-order valence-electron chi connectivity index (χ2n) is 3.60. The number of aromatic nitrogens is 1. The first-order valence-electron chi connectivity index (χ1n) is 4.99. The summed E-state index contributed by atoms with van der Waals surface area (Å²) < 4.78 is 0. The number of rotatable bonds is 3. The highest BCUT2D eigenvalue weighted by Crippen LogP contribution is 2.11. The number of carbonyl (C=O) groups is 2. The van der Waals surface area contributed by atoms with E-state index in [1.54, 1.807) is 25.4 Å². The molecule has 0 aliphatic heterocycles. The Kier molecular flexibility index (Phi) is 3.99. The Bertz CT molecular complexity index is 404. The number of hydrogen-bond donors (Lipinski definition) is 2. The van der Waals surface area contributed by atoms with Gasteiger partial charge in [0.25, 0.3) is 0 Å². The SMILES string of the molecule is CC(=O)N[C@@H](C)C(=O)Nc1cnccc1C. The Morgan fingerprint density at radius 1 is 1.44 bits per heavy atom. The molecule has 1 aromatic rings. The lowest BCUT2D eigenvalue weighted by Crippen LogP contribution is -2.40. The highest BCUT2D eigenvalue weighted by molar-refractivity contribution is 5.96. The number of hydrogen-bond acceptors (Lipinski definition) is 3. The first-order chi connectivity index (χ1) is 7.50. The smallest absolute Gasteiger partial charge is 0.246 e. The van der Waals surface area contributed by atoms with Crippen LogP contribution >= 0.6 is 0 Å². The Labute approximate surface area is 94.3 Å². The number of carbonyl (C=O) groups excluding carboxylic acids is 2. The summed E-state index contributed by atoms with van der Waals surface area (Å²) in [7, 11) is 0. The fourth-order valence-corrected chi connectivity index (χ4v) is 1.21. The second-order valence-corrected chi connectivity index (χ2v) is 3.60. The van der Waals surface area contributed by atoms with Gasteiger partial charge in [-0.1, -0.05) is 0 Å². The van der Waals surface area contributed by atoms with Crippen molar-refractivity contribution in [3.05, 3.63) is 24.0 Å². The average Bonchev–Trinajstić information content (AvgIpc) is 2.20. The third kappa shape index (κ3) is 3.34. The Hall–Kier alpha value is -1.91. The number of amides is 2. The highest BCUT2D eigenvalue weighted by atomic mass is 16.2. The largest absolute Gasteiger partial charge is 0.345 e. The summed E-state index contributed by atoms with van der Waals surface area (Å²) in [6.07, 6.45) is 3.23. The quantitative estimate of drug-likeness (QED) is 0.795. The van der Waals surface area contributed by atoms with Crippen LogP contribution in [0.3, 0.4) is 0 Å². The van der Waals surface area contributed by atoms with E-state index < -0.39 is 6.04 Å². The molecule has 0 aromatic carbocycles. The molecule has 5 heteroatoms. The highest BCUT2D eigenvalue weighted by Gasteiger charge is 2.14. The Morgan fingerprint density at radius 3 is 2.69 bits per heavy atom. The summed E-state index contributed by atoms with van der Waals surface area (Å²) in [6, 6.07) is 1.25. The minimum atomic E-state index is -0.558. The lowest BCUT2D eigenvalue weighted by atomic mass is 10.2. The molecule has 2 N–H and O–H groups in total. The van der Waals surface area contributed by atoms with E-state index in [9.17, 15) is 9.59 Å². The van der Waals surface area contributed by atoms with Crippen molar-refractivity contribution in [2.24, 2.45) is 0 Å². The molecule has 86 valence electrons. The summed E-state index contributed by atoms with van der Waals surface area (Å²) in [4.78, 5) is 26.3. The van der Waals surface area contributed by atoms with Crippen LogP contribution in [0.4, 0.5) is 5.69 Å². The molecule has 0 saturated heterocycles. The maximum Gasteiger partial charge on any atom is 0.246 e. The van der Waals surface area contributed by atoms with Gasteiger partial charge in [-0.25, -0.2) is 0 Å². The van der Waals surface area contributed by atoms with E-state index in [1.165, 1.54) is 6.92 Å². The maximum absolute atomic E-state index is 11.6. The van der Waals surface area contributed by atoms with E-state index in [-0.39, 0.29) is 11.8 Å². The molecule has 5 nitrogen and oxygen atoms in total. The van der Waals surface area contributed by atoms with Crippen LogP contribution in [-0.4, -0.2) is 22.8 Å². The van der Waals surface area contributed by atoms with Gasteiger partial charge >= 0.3 is 0 Å². The summed E-state index contributed by atoms with van der Waals surface area (Å²) in [5, 5.41) is 5.21. The first kappa shape index (κ1) is 12.2. The minimum absolute atomic E-state index is 0.231. The average molecular weight is 221 g/mol. The Morgan fingerprint density at radius 2 is 2.12 bits per heavy atom. The van der Waals surface area contributed by atoms with Crippen molar-refractivity contribution < 1.29 is 9.59 Å². The van der Waals surface area contributed by atoms with Crippen molar-refractivity contribution in [2.45, 2.75) is 26.8 Å². The number of nitrogens with zero attached hydrogens (tertiary/aromatic N) is 1. The third-order valence-electron chi connectivity index (χ3n) is 2.11. The maximum atomic E-state index is 11.6. The van der Waals surface area contributed by atoms with Crippen LogP contribution in [0.2, 0.25) is 0 Å². The standard InChI is InChI=1S/C11H15N3O2/c1-7-4-5-12-6-10(7)14-11(16)8(2)13-9(3)15/h4-6,8H,1-3H3,(H,13,15)(H,14,16)/t8-/m0/s1. The molecule has 16 heavy (non-hydrogen) atoms. The lowest BCUT2D eigenvalue weighted by molar-refractivity contribution is -0.124. The van der Waals surface area contributed by atoms with E-state index in [0.29, 0.717) is 5.69 Å². The molecule has 1 heterocycles. The zero-order chi connectivity index (χ0) is 12.1. The van der Waals surface area contributed by atoms with Gasteiger partial charge in [-0.3, -0.25) is 14.6 Å². The number of nitrogens with one attached hydrogen (secondary N) is 2. The number of anilines is 1. The van der Waals surface area contributed by atoms with Crippen molar-refractivity contribution in [2.75, 3.05) is 5.32 Å². The predicted molar refractivity (Wildman–Crippen MR) is 60.9 cm³/mol. The van der Waals surface area contributed by atoms with Gasteiger partial charge in [0.05, 0.1) is 11.9 Å². The summed E-state index contributed by atoms with van der Waals surface area (Å²) >= 11 is 0. The van der Waals surface area contributed by atoms with Crippen LogP contribution in [0.15, 0.2) is 18.5 Å². The first-order valence-corrected chi connectivity index (χ1v) is 4.99. The molecule has 0 unspecified atom stereocenters. The van der Waals surface area contributed by atoms with Crippen molar-refractivity contribution in [3.8, 4) is 0 Å². The third-order valence-corrected chi connectivity index (χ3v) is 2.11. The number of pyridine rings is 1. The minimum Gasteiger partial charge on any atom is -0.345 e. The molecule has 0 bridgehead atoms. The van der Waals surface area contributed by atoms with Crippen LogP contribution < -0.4 is 10.6 Å². The molecule has 1 aromatic heterocycles. The topological polar surface area (TPSA) is 71.1 Å². The van der Waals surface area contributed by atoms with Gasteiger partial charge in [-0.2, -0.15) is 0 Å². The van der Waals surface area contributed by atoms with Gasteiger partial charge in [-0.15, -0.1) is 0 Å². The van der Waals surface area contributed by atoms with Gasteiger partial charge in [-0.05, 0) is 25.5 Å². The van der Waals surface area contributed by atoms with Crippen molar-refractivity contribution in [1.29, 1.82) is 0 Å². The van der Waals surface area contributed by atoms with E-state index in [0.717, 1.165) is 5.56 Å². The van der Waals surface area contributed by atoms with E-state index in [2.05, 4.69) is 15.6 Å². The molecular formula is C11H15N3O2. The van der Waals surface area contributed by atoms with Gasteiger partial charge in [0.15, 0.2) is 0 Å². The molecule has 1 rings (SSSR count). The van der Waals surface area contributed by atoms with Gasteiger partial charge < -0.3 is 10.6 Å². The summed E-state index contributed by atoms with van der Waals surface area (Å²) in [5.74, 6) is -0.489. The molecule has 0 spiro atoms. The van der Waals surface area contributed by atoms with E-state index >= 15 is 0 Å². The number of aryl methyl sites for hydroxylation is 1. The zero-order valence-electron chi connectivity index (χ0n) is 9.57. The van der Waals surface area contributed by atoms with Crippen molar-refractivity contribution in [1.82, 2.24) is 10.3 Å². The lowest BCUT2D eigenvalue weighted by Gasteiger charge is -2.13. The van der Waals surface area contributed by atoms with Crippen LogP contribution in [0.5, 0.6) is 0 Å². The van der Waals surface area contributed by atoms with Crippen molar-refractivity contribution in [3.63, 3.8) is 0 Å². The second kappa shape index (κ2) is 5.25. The normalized spacial score (nSPS) is 11.7. The van der Waals surface area contributed by atoms with Crippen LogP contribution in [-0.2, 0) is 9.59 Å². The monoisotopic (exact) mass is 221 g/mol. The van der Waals surface area contributed by atoms with Crippen LogP contribution in [0.25, 0.3) is 0 Å². The molecule has 0 fully saturated rings. The molecule has 0 radical (unpaired) electrons. The molecular weight excluding hydrogens is 206 g/mol. The summed E-state index contributed by atoms with van der Waals surface area (Å²) in [5.41, 5.74) is 1.59. The van der Waals surface area contributed by atoms with Gasteiger partial charge in [0.2, 0.25) is 11.8 Å². The fourth-order valence-electron chi connectivity index (χ4n) is 1.21. The van der Waals surface area contributed by atoms with E-state index in [4.69, 9.17) is 0 Å². The molecule has 2 amide bonds. The van der Waals surface area contributed by atoms with E-state index in [1.807, 2.05) is 6.92 Å². The fraction of sp³-hybridized carbons (Fsp3) is 0.364. The van der Waals surface area contributed by atoms with Gasteiger partial charge in [0.1, 0.15) is 6.04 Å². The molecule has 0 aliphatic carbocycles. The van der Waals surface area contributed by atoms with Crippen LogP contribution in [0, 0.1) is 6.92 Å². The molecule has 0 aliphatic rings. The zero-order valence-corrected chi connectivity index (χ0v) is 9.57. The van der Waals surface area contributed by atoms with Crippen molar-refractivity contribution >= 4 is 17.5 Å². The van der Waals surface area contributed by atoms with Crippen LogP contribution in [0.1, 0.15) is 19.4 Å². The van der Waals surface area contributed by atoms with Gasteiger partial charge in [0, 0.05) is 13.1 Å². The Balaban J connectivity index is 2.64. The molecule has 1 atom stereocenters. The molecule has 0 saturated carbocycles. The summed E-state index contributed by atoms with van der Waals surface area (Å²) in [6.45, 7) is 4.88.